The molecule has 0 amide bonds. The molecule has 1 fully saturated rings. The van der Waals surface area contributed by atoms with Gasteiger partial charge < -0.3 is 15.4 Å². The highest BCUT2D eigenvalue weighted by molar-refractivity contribution is 5.91. The molecule has 1 aliphatic carbocycles. The van der Waals surface area contributed by atoms with Crippen molar-refractivity contribution in [1.82, 2.24) is 19.9 Å². The monoisotopic (exact) mass is 395 g/mol. The number of fused-ring (bicyclic) bond motifs is 1. The zero-order valence-electron chi connectivity index (χ0n) is 16.1. The number of carboxylic acids is 1. The van der Waals surface area contributed by atoms with Gasteiger partial charge >= 0.3 is 5.97 Å². The summed E-state index contributed by atoms with van der Waals surface area (Å²) >= 11 is 0. The van der Waals surface area contributed by atoms with Crippen LogP contribution in [-0.4, -0.2) is 37.1 Å². The average Bonchev–Trinajstić information content (AvgIpc) is 3.08. The number of aromatic amines is 1. The Hall–Kier alpha value is -3.29. The van der Waals surface area contributed by atoms with Gasteiger partial charge in [-0.25, -0.2) is 19.3 Å². The first-order valence-corrected chi connectivity index (χ1v) is 9.50. The summed E-state index contributed by atoms with van der Waals surface area (Å²) in [4.78, 5) is 27.5. The normalized spacial score (nSPS) is 16.2. The van der Waals surface area contributed by atoms with Gasteiger partial charge in [-0.05, 0) is 24.3 Å². The summed E-state index contributed by atoms with van der Waals surface area (Å²) in [6.07, 6.45) is 9.10. The fourth-order valence-electron chi connectivity index (χ4n) is 3.84. The van der Waals surface area contributed by atoms with Crippen LogP contribution in [0.2, 0.25) is 0 Å². The highest BCUT2D eigenvalue weighted by Crippen LogP contribution is 2.45. The quantitative estimate of drug-likeness (QED) is 0.553. The molecule has 0 saturated heterocycles. The molecule has 8 heteroatoms. The fraction of sp³-hybridized carbons (Fsp3) is 0.333. The largest absolute Gasteiger partial charge is 0.481 e. The van der Waals surface area contributed by atoms with Crippen molar-refractivity contribution in [2.45, 2.75) is 38.6 Å². The minimum atomic E-state index is -0.858. The fourth-order valence-corrected chi connectivity index (χ4v) is 3.84. The number of anilines is 1. The van der Waals surface area contributed by atoms with Crippen LogP contribution in [-0.2, 0) is 4.79 Å². The van der Waals surface area contributed by atoms with Crippen molar-refractivity contribution >= 4 is 28.9 Å². The lowest BCUT2D eigenvalue weighted by atomic mass is 9.64. The van der Waals surface area contributed by atoms with Crippen LogP contribution < -0.4 is 5.32 Å². The van der Waals surface area contributed by atoms with Gasteiger partial charge in [-0.3, -0.25) is 4.79 Å². The van der Waals surface area contributed by atoms with E-state index in [1.54, 1.807) is 18.5 Å². The predicted octanol–water partition coefficient (Wildman–Crippen LogP) is 4.25. The number of pyridine rings is 1. The average molecular weight is 395 g/mol. The summed E-state index contributed by atoms with van der Waals surface area (Å²) < 4.78 is 13.7. The van der Waals surface area contributed by atoms with Crippen molar-refractivity contribution in [2.75, 3.05) is 5.32 Å². The molecule has 1 atom stereocenters. The Morgan fingerprint density at radius 3 is 2.90 bits per heavy atom. The van der Waals surface area contributed by atoms with Gasteiger partial charge in [0, 0.05) is 34.9 Å². The number of hydrogen-bond acceptors (Lipinski definition) is 5. The number of hydrogen-bond donors (Lipinski definition) is 3. The number of H-pyrrole nitrogens is 1. The SMILES string of the molecule is C=Cc1cnc(-c2c[nH]c3ncc(F)cc23)nc1N[C@H](CC(=O)O)C1(C)CCC1. The maximum atomic E-state index is 13.7. The van der Waals surface area contributed by atoms with Gasteiger partial charge in [-0.2, -0.15) is 0 Å². The number of rotatable bonds is 7. The highest BCUT2D eigenvalue weighted by atomic mass is 19.1. The van der Waals surface area contributed by atoms with Crippen molar-refractivity contribution in [3.05, 3.63) is 42.6 Å². The van der Waals surface area contributed by atoms with Crippen LogP contribution >= 0.6 is 0 Å². The first-order valence-electron chi connectivity index (χ1n) is 9.50. The van der Waals surface area contributed by atoms with Gasteiger partial charge in [-0.15, -0.1) is 0 Å². The Morgan fingerprint density at radius 2 is 2.24 bits per heavy atom. The van der Waals surface area contributed by atoms with Crippen LogP contribution in [0.4, 0.5) is 10.2 Å². The molecule has 0 aliphatic heterocycles. The highest BCUT2D eigenvalue weighted by Gasteiger charge is 2.41. The summed E-state index contributed by atoms with van der Waals surface area (Å²) in [5.74, 6) is -0.394. The van der Waals surface area contributed by atoms with Crippen LogP contribution in [0, 0.1) is 11.2 Å². The minimum Gasteiger partial charge on any atom is -0.481 e. The summed E-state index contributed by atoms with van der Waals surface area (Å²) in [6.45, 7) is 5.91. The molecule has 0 spiro atoms. The zero-order chi connectivity index (χ0) is 20.6. The maximum Gasteiger partial charge on any atom is 0.305 e. The molecule has 1 aliphatic rings. The van der Waals surface area contributed by atoms with Gasteiger partial charge in [0.1, 0.15) is 17.3 Å². The topological polar surface area (TPSA) is 104 Å². The molecule has 7 nitrogen and oxygen atoms in total. The van der Waals surface area contributed by atoms with Crippen molar-refractivity contribution in [2.24, 2.45) is 5.41 Å². The number of halogens is 1. The first-order chi connectivity index (χ1) is 13.9. The van der Waals surface area contributed by atoms with E-state index in [9.17, 15) is 14.3 Å². The smallest absolute Gasteiger partial charge is 0.305 e. The van der Waals surface area contributed by atoms with E-state index in [1.165, 1.54) is 6.07 Å². The Balaban J connectivity index is 1.74. The van der Waals surface area contributed by atoms with Crippen LogP contribution in [0.25, 0.3) is 28.5 Å². The number of aromatic nitrogens is 4. The summed E-state index contributed by atoms with van der Waals surface area (Å²) in [7, 11) is 0. The van der Waals surface area contributed by atoms with Crippen molar-refractivity contribution < 1.29 is 14.3 Å². The summed E-state index contributed by atoms with van der Waals surface area (Å²) in [5.41, 5.74) is 1.74. The molecule has 0 radical (unpaired) electrons. The minimum absolute atomic E-state index is 0.00532. The molecule has 0 unspecified atom stereocenters. The van der Waals surface area contributed by atoms with E-state index in [1.807, 2.05) is 0 Å². The van der Waals surface area contributed by atoms with Gasteiger partial charge in [0.15, 0.2) is 5.82 Å². The number of aliphatic carboxylic acids is 1. The Morgan fingerprint density at radius 1 is 1.45 bits per heavy atom. The molecule has 29 heavy (non-hydrogen) atoms. The van der Waals surface area contributed by atoms with Gasteiger partial charge in [0.2, 0.25) is 0 Å². The van der Waals surface area contributed by atoms with Gasteiger partial charge in [0.25, 0.3) is 0 Å². The molecular weight excluding hydrogens is 373 g/mol. The molecule has 150 valence electrons. The van der Waals surface area contributed by atoms with Crippen LogP contribution in [0.5, 0.6) is 0 Å². The predicted molar refractivity (Wildman–Crippen MR) is 109 cm³/mol. The second-order valence-corrected chi connectivity index (χ2v) is 7.76. The third kappa shape index (κ3) is 3.57. The standard InChI is InChI=1S/C21H22FN5O2/c1-3-12-9-23-20(15-11-25-19-14(15)7-13(22)10-24-19)27-18(12)26-16(8-17(28)29)21(2)5-4-6-21/h3,7,9-11,16H,1,4-6,8H2,2H3,(H,24,25)(H,28,29)(H,23,26,27)/t16-/m1/s1. The van der Waals surface area contributed by atoms with E-state index < -0.39 is 11.8 Å². The van der Waals surface area contributed by atoms with E-state index >= 15 is 0 Å². The molecule has 3 heterocycles. The number of nitrogens with one attached hydrogen (secondary N) is 2. The Labute approximate surface area is 167 Å². The van der Waals surface area contributed by atoms with E-state index in [0.717, 1.165) is 25.5 Å². The van der Waals surface area contributed by atoms with E-state index in [0.29, 0.717) is 33.8 Å². The molecular formula is C21H22FN5O2. The first kappa shape index (κ1) is 19.0. The van der Waals surface area contributed by atoms with Crippen LogP contribution in [0.15, 0.2) is 31.2 Å². The lowest BCUT2D eigenvalue weighted by Gasteiger charge is -2.45. The van der Waals surface area contributed by atoms with Crippen molar-refractivity contribution in [1.29, 1.82) is 0 Å². The second kappa shape index (κ2) is 7.27. The summed E-state index contributed by atoms with van der Waals surface area (Å²) in [5, 5.41) is 13.3. The summed E-state index contributed by atoms with van der Waals surface area (Å²) in [6, 6.07) is 1.12. The molecule has 3 aromatic heterocycles. The maximum absolute atomic E-state index is 13.7. The molecule has 0 bridgehead atoms. The lowest BCUT2D eigenvalue weighted by Crippen LogP contribution is -2.45. The van der Waals surface area contributed by atoms with Gasteiger partial charge in [0.05, 0.1) is 12.6 Å². The second-order valence-electron chi connectivity index (χ2n) is 7.76. The zero-order valence-corrected chi connectivity index (χ0v) is 16.1. The molecule has 4 rings (SSSR count). The third-order valence-corrected chi connectivity index (χ3v) is 5.80. The van der Waals surface area contributed by atoms with E-state index in [2.05, 4.69) is 38.8 Å². The molecule has 3 N–H and O–H groups in total. The van der Waals surface area contributed by atoms with E-state index in [-0.39, 0.29) is 17.9 Å². The van der Waals surface area contributed by atoms with Crippen LogP contribution in [0.1, 0.15) is 38.2 Å². The number of carbonyl (C=O) groups is 1. The van der Waals surface area contributed by atoms with Crippen molar-refractivity contribution in [3.8, 4) is 11.4 Å². The van der Waals surface area contributed by atoms with E-state index in [4.69, 9.17) is 0 Å². The Bertz CT molecular complexity index is 1090. The third-order valence-electron chi connectivity index (χ3n) is 5.80. The van der Waals surface area contributed by atoms with Crippen LogP contribution in [0.3, 0.4) is 0 Å². The lowest BCUT2D eigenvalue weighted by molar-refractivity contribution is -0.138. The molecule has 1 saturated carbocycles. The number of carboxylic acid groups (broad SMARTS) is 1. The van der Waals surface area contributed by atoms with Crippen molar-refractivity contribution in [3.63, 3.8) is 0 Å². The molecule has 0 aromatic carbocycles. The van der Waals surface area contributed by atoms with Gasteiger partial charge in [-0.1, -0.05) is 26.0 Å². The molecule has 3 aromatic rings. The number of nitrogens with zero attached hydrogens (tertiary/aromatic N) is 3. The Kier molecular flexibility index (Phi) is 4.77.